The fraction of sp³-hybridized carbons (Fsp3) is 0.0566. The first kappa shape index (κ1) is 38.6. The average molecular weight is 941 g/mol. The predicted molar refractivity (Wildman–Crippen MR) is 241 cm³/mol. The van der Waals surface area contributed by atoms with Gasteiger partial charge in [-0.2, -0.15) is 0 Å². The van der Waals surface area contributed by atoms with Crippen molar-refractivity contribution in [3.63, 3.8) is 0 Å². The summed E-state index contributed by atoms with van der Waals surface area (Å²) in [6.45, 7) is 7.02. The van der Waals surface area contributed by atoms with E-state index in [1.54, 1.807) is 0 Å². The minimum Gasteiger partial charge on any atom is -0.500 e. The van der Waals surface area contributed by atoms with E-state index in [0.717, 1.165) is 55.6 Å². The SMILES string of the molecule is C[Si](C)(C)c1ccc(-c2[c-]ccc(-c3ccccc3)c2)nc1.[Ir].[c-]1cc2oc3cc(-c4cccc5ccccc45)ccc3c2cc1-c1cc(-c2ccccc2)ccn1. The van der Waals surface area contributed by atoms with E-state index in [2.05, 4.69) is 187 Å². The molecule has 10 rings (SSSR count). The number of hydrogen-bond donors (Lipinski definition) is 0. The second-order valence-electron chi connectivity index (χ2n) is 15.3. The van der Waals surface area contributed by atoms with Crippen molar-refractivity contribution in [2.75, 3.05) is 0 Å². The Hall–Kier alpha value is -6.23. The van der Waals surface area contributed by atoms with Crippen LogP contribution in [0.2, 0.25) is 19.6 Å². The molecule has 0 amide bonds. The van der Waals surface area contributed by atoms with Crippen LogP contribution in [-0.4, -0.2) is 18.0 Å². The Morgan fingerprint density at radius 1 is 0.483 bits per heavy atom. The van der Waals surface area contributed by atoms with Crippen molar-refractivity contribution in [2.24, 2.45) is 0 Å². The van der Waals surface area contributed by atoms with Crippen molar-refractivity contribution in [1.29, 1.82) is 0 Å². The third-order valence-corrected chi connectivity index (χ3v) is 12.5. The first-order valence-electron chi connectivity index (χ1n) is 19.3. The smallest absolute Gasteiger partial charge is 0.121 e. The summed E-state index contributed by atoms with van der Waals surface area (Å²) in [5.41, 5.74) is 12.7. The summed E-state index contributed by atoms with van der Waals surface area (Å²) >= 11 is 0. The van der Waals surface area contributed by atoms with Gasteiger partial charge in [0.15, 0.2) is 0 Å². The average Bonchev–Trinajstić information content (AvgIpc) is 3.64. The molecular formula is C53H40IrN2OSi-2. The molecule has 1 radical (unpaired) electrons. The molecule has 5 heteroatoms. The summed E-state index contributed by atoms with van der Waals surface area (Å²) in [5, 5.41) is 6.03. The largest absolute Gasteiger partial charge is 0.500 e. The molecule has 0 N–H and O–H groups in total. The van der Waals surface area contributed by atoms with Gasteiger partial charge >= 0.3 is 0 Å². The maximum atomic E-state index is 6.26. The summed E-state index contributed by atoms with van der Waals surface area (Å²) in [4.78, 5) is 9.28. The van der Waals surface area contributed by atoms with Crippen LogP contribution in [0.25, 0.3) is 88.6 Å². The molecule has 0 spiro atoms. The second-order valence-corrected chi connectivity index (χ2v) is 20.4. The summed E-state index contributed by atoms with van der Waals surface area (Å²) in [7, 11) is -1.29. The zero-order valence-corrected chi connectivity index (χ0v) is 35.9. The van der Waals surface area contributed by atoms with Gasteiger partial charge in [0.2, 0.25) is 0 Å². The van der Waals surface area contributed by atoms with Crippen molar-refractivity contribution in [1.82, 2.24) is 9.97 Å². The second kappa shape index (κ2) is 16.7. The van der Waals surface area contributed by atoms with Crippen LogP contribution in [0.1, 0.15) is 0 Å². The van der Waals surface area contributed by atoms with Crippen LogP contribution in [0, 0.1) is 12.1 Å². The monoisotopic (exact) mass is 941 g/mol. The molecule has 0 aliphatic rings. The molecule has 0 fully saturated rings. The fourth-order valence-electron chi connectivity index (χ4n) is 7.32. The molecule has 7 aromatic carbocycles. The molecule has 0 saturated heterocycles. The van der Waals surface area contributed by atoms with Crippen LogP contribution in [0.4, 0.5) is 0 Å². The number of hydrogen-bond acceptors (Lipinski definition) is 3. The van der Waals surface area contributed by atoms with E-state index in [4.69, 9.17) is 4.42 Å². The third-order valence-electron chi connectivity index (χ3n) is 10.5. The quantitative estimate of drug-likeness (QED) is 0.123. The van der Waals surface area contributed by atoms with Gasteiger partial charge in [0.1, 0.15) is 5.58 Å². The standard InChI is InChI=1S/C33H20NO.C20H20NSi.Ir/c1-2-7-22(8-3-1)24-17-18-34-31(20-24)26-14-16-32-30(19-26)29-15-13-25(21-33(29)35-32)28-12-6-10-23-9-4-5-11-27(23)28;1-22(2,3)19-12-13-20(21-15-19)18-11-7-10-17(14-18)16-8-5-4-6-9-16;/h1-13,15-21H;4-10,12-15H,1-3H3;/q2*-1;. The van der Waals surface area contributed by atoms with Crippen LogP contribution >= 0.6 is 0 Å². The van der Waals surface area contributed by atoms with Gasteiger partial charge in [-0.15, -0.1) is 59.2 Å². The van der Waals surface area contributed by atoms with Crippen LogP contribution in [0.15, 0.2) is 193 Å². The summed E-state index contributed by atoms with van der Waals surface area (Å²) in [6.07, 6.45) is 3.89. The van der Waals surface area contributed by atoms with E-state index in [1.165, 1.54) is 38.2 Å². The Morgan fingerprint density at radius 2 is 1.19 bits per heavy atom. The molecule has 0 aliphatic heterocycles. The number of fused-ring (bicyclic) bond motifs is 4. The van der Waals surface area contributed by atoms with E-state index in [9.17, 15) is 0 Å². The van der Waals surface area contributed by atoms with Gasteiger partial charge in [-0.25, -0.2) is 0 Å². The van der Waals surface area contributed by atoms with Gasteiger partial charge in [0.25, 0.3) is 0 Å². The van der Waals surface area contributed by atoms with Crippen molar-refractivity contribution in [3.8, 4) is 55.9 Å². The van der Waals surface area contributed by atoms with Gasteiger partial charge in [-0.1, -0.05) is 158 Å². The minimum atomic E-state index is -1.29. The Kier molecular flexibility index (Phi) is 11.1. The topological polar surface area (TPSA) is 38.9 Å². The van der Waals surface area contributed by atoms with Crippen molar-refractivity contribution >= 4 is 46.0 Å². The van der Waals surface area contributed by atoms with Gasteiger partial charge in [0.05, 0.1) is 13.7 Å². The Balaban J connectivity index is 0.000000177. The van der Waals surface area contributed by atoms with Gasteiger partial charge < -0.3 is 14.4 Å². The van der Waals surface area contributed by atoms with E-state index < -0.39 is 8.07 Å². The summed E-state index contributed by atoms with van der Waals surface area (Å²) in [6, 6.07) is 67.7. The molecule has 58 heavy (non-hydrogen) atoms. The maximum absolute atomic E-state index is 6.26. The van der Waals surface area contributed by atoms with E-state index >= 15 is 0 Å². The molecule has 3 aromatic heterocycles. The number of nitrogens with zero attached hydrogens (tertiary/aromatic N) is 2. The van der Waals surface area contributed by atoms with Gasteiger partial charge in [-0.3, -0.25) is 0 Å². The third kappa shape index (κ3) is 8.11. The first-order valence-corrected chi connectivity index (χ1v) is 22.8. The van der Waals surface area contributed by atoms with Crippen LogP contribution < -0.4 is 5.19 Å². The van der Waals surface area contributed by atoms with E-state index in [0.29, 0.717) is 0 Å². The number of aromatic nitrogens is 2. The van der Waals surface area contributed by atoms with Crippen molar-refractivity contribution < 1.29 is 24.5 Å². The Labute approximate surface area is 354 Å². The Bertz CT molecular complexity index is 2980. The predicted octanol–water partition coefficient (Wildman–Crippen LogP) is 13.7. The molecule has 283 valence electrons. The first-order chi connectivity index (χ1) is 27.9. The summed E-state index contributed by atoms with van der Waals surface area (Å²) < 4.78 is 6.26. The molecular weight excluding hydrogens is 901 g/mol. The molecule has 3 heterocycles. The minimum absolute atomic E-state index is 0. The normalized spacial score (nSPS) is 11.2. The summed E-state index contributed by atoms with van der Waals surface area (Å²) in [5.74, 6) is 0. The molecule has 0 bridgehead atoms. The maximum Gasteiger partial charge on any atom is 0.121 e. The number of furan rings is 1. The van der Waals surface area contributed by atoms with Gasteiger partial charge in [0, 0.05) is 37.9 Å². The van der Waals surface area contributed by atoms with Gasteiger partial charge in [-0.05, 0) is 67.3 Å². The Morgan fingerprint density at radius 3 is 1.93 bits per heavy atom. The van der Waals surface area contributed by atoms with Crippen LogP contribution in [-0.2, 0) is 20.1 Å². The van der Waals surface area contributed by atoms with Crippen LogP contribution in [0.3, 0.4) is 0 Å². The number of benzene rings is 7. The zero-order chi connectivity index (χ0) is 38.8. The molecule has 3 nitrogen and oxygen atoms in total. The molecule has 0 saturated carbocycles. The molecule has 0 aliphatic carbocycles. The van der Waals surface area contributed by atoms with Crippen LogP contribution in [0.5, 0.6) is 0 Å². The van der Waals surface area contributed by atoms with Crippen molar-refractivity contribution in [3.05, 3.63) is 200 Å². The fourth-order valence-corrected chi connectivity index (χ4v) is 8.36. The van der Waals surface area contributed by atoms with E-state index in [-0.39, 0.29) is 20.1 Å². The molecule has 10 aromatic rings. The number of pyridine rings is 2. The zero-order valence-electron chi connectivity index (χ0n) is 32.5. The molecule has 0 unspecified atom stereocenters. The molecule has 0 atom stereocenters. The van der Waals surface area contributed by atoms with Crippen molar-refractivity contribution in [2.45, 2.75) is 19.6 Å². The van der Waals surface area contributed by atoms with E-state index in [1.807, 2.05) is 42.7 Å². The number of rotatable bonds is 6.